The second-order valence-electron chi connectivity index (χ2n) is 6.42. The SMILES string of the molecule is O=C(COc1ccccc1Cl)N(Cc1ccc(F)cc1)C1CCS(=O)(=O)C1. The molecule has 0 spiro atoms. The Balaban J connectivity index is 1.75. The monoisotopic (exact) mass is 411 g/mol. The number of nitrogens with zero attached hydrogens (tertiary/aromatic N) is 1. The van der Waals surface area contributed by atoms with Gasteiger partial charge in [0.25, 0.3) is 5.91 Å². The number of hydrogen-bond acceptors (Lipinski definition) is 4. The lowest BCUT2D eigenvalue weighted by Gasteiger charge is -2.28. The van der Waals surface area contributed by atoms with Crippen LogP contribution in [0, 0.1) is 5.82 Å². The fourth-order valence-electron chi connectivity index (χ4n) is 3.01. The molecule has 0 N–H and O–H groups in total. The highest BCUT2D eigenvalue weighted by atomic mass is 35.5. The van der Waals surface area contributed by atoms with Crippen molar-refractivity contribution in [3.05, 3.63) is 64.9 Å². The topological polar surface area (TPSA) is 63.7 Å². The predicted molar refractivity (Wildman–Crippen MR) is 101 cm³/mol. The molecule has 1 unspecified atom stereocenters. The van der Waals surface area contributed by atoms with Gasteiger partial charge in [-0.15, -0.1) is 0 Å². The number of hydrogen-bond donors (Lipinski definition) is 0. The zero-order valence-corrected chi connectivity index (χ0v) is 16.0. The number of benzene rings is 2. The smallest absolute Gasteiger partial charge is 0.261 e. The first-order chi connectivity index (χ1) is 12.8. The largest absolute Gasteiger partial charge is 0.482 e. The summed E-state index contributed by atoms with van der Waals surface area (Å²) in [5.74, 6) is -0.362. The van der Waals surface area contributed by atoms with Crippen molar-refractivity contribution in [1.29, 1.82) is 0 Å². The van der Waals surface area contributed by atoms with Crippen LogP contribution in [0.4, 0.5) is 4.39 Å². The molecule has 1 fully saturated rings. The Labute approximate surface area is 162 Å². The highest BCUT2D eigenvalue weighted by molar-refractivity contribution is 7.91. The van der Waals surface area contributed by atoms with E-state index in [1.807, 2.05) is 0 Å². The van der Waals surface area contributed by atoms with Crippen molar-refractivity contribution in [2.75, 3.05) is 18.1 Å². The molecule has 0 aliphatic carbocycles. The predicted octanol–water partition coefficient (Wildman–Crippen LogP) is 3.07. The van der Waals surface area contributed by atoms with Gasteiger partial charge in [0.1, 0.15) is 11.6 Å². The first-order valence-electron chi connectivity index (χ1n) is 8.46. The molecule has 8 heteroatoms. The van der Waals surface area contributed by atoms with Gasteiger partial charge in [-0.3, -0.25) is 4.79 Å². The van der Waals surface area contributed by atoms with Gasteiger partial charge < -0.3 is 9.64 Å². The summed E-state index contributed by atoms with van der Waals surface area (Å²) in [4.78, 5) is 14.3. The van der Waals surface area contributed by atoms with Gasteiger partial charge in [0.2, 0.25) is 0 Å². The van der Waals surface area contributed by atoms with Crippen LogP contribution in [0.1, 0.15) is 12.0 Å². The van der Waals surface area contributed by atoms with E-state index in [0.717, 1.165) is 0 Å². The van der Waals surface area contributed by atoms with Crippen LogP contribution in [0.5, 0.6) is 5.75 Å². The van der Waals surface area contributed by atoms with Crippen LogP contribution in [0.25, 0.3) is 0 Å². The molecule has 5 nitrogen and oxygen atoms in total. The van der Waals surface area contributed by atoms with Crippen LogP contribution >= 0.6 is 11.6 Å². The maximum atomic E-state index is 13.1. The Kier molecular flexibility index (Phi) is 6.01. The van der Waals surface area contributed by atoms with Crippen LogP contribution in [0.15, 0.2) is 48.5 Å². The molecule has 0 bridgehead atoms. The molecule has 27 heavy (non-hydrogen) atoms. The minimum absolute atomic E-state index is 0.0518. The van der Waals surface area contributed by atoms with E-state index < -0.39 is 15.9 Å². The highest BCUT2D eigenvalue weighted by Crippen LogP contribution is 2.24. The number of ether oxygens (including phenoxy) is 1. The summed E-state index contributed by atoms with van der Waals surface area (Å²) >= 11 is 6.03. The second kappa shape index (κ2) is 8.27. The van der Waals surface area contributed by atoms with E-state index in [2.05, 4.69) is 0 Å². The molecular weight excluding hydrogens is 393 g/mol. The van der Waals surface area contributed by atoms with Gasteiger partial charge in [-0.2, -0.15) is 0 Å². The third-order valence-electron chi connectivity index (χ3n) is 4.42. The highest BCUT2D eigenvalue weighted by Gasteiger charge is 2.34. The Morgan fingerprint density at radius 3 is 2.52 bits per heavy atom. The Bertz CT molecular complexity index is 918. The molecule has 2 aromatic rings. The molecule has 3 rings (SSSR count). The van der Waals surface area contributed by atoms with E-state index >= 15 is 0 Å². The normalized spacial score (nSPS) is 18.2. The van der Waals surface area contributed by atoms with Crippen molar-refractivity contribution in [2.45, 2.75) is 19.0 Å². The minimum atomic E-state index is -3.16. The third kappa shape index (κ3) is 5.20. The Hall–Kier alpha value is -2.12. The number of rotatable bonds is 6. The maximum Gasteiger partial charge on any atom is 0.261 e. The van der Waals surface area contributed by atoms with E-state index in [0.29, 0.717) is 22.8 Å². The number of para-hydroxylation sites is 1. The molecule has 0 radical (unpaired) electrons. The van der Waals surface area contributed by atoms with Crippen molar-refractivity contribution in [2.24, 2.45) is 0 Å². The molecule has 1 atom stereocenters. The molecule has 2 aromatic carbocycles. The standard InChI is InChI=1S/C19H19ClFNO4S/c20-17-3-1-2-4-18(17)26-12-19(23)22(16-9-10-27(24,25)13-16)11-14-5-7-15(21)8-6-14/h1-8,16H,9-13H2. The molecular formula is C19H19ClFNO4S. The van der Waals surface area contributed by atoms with E-state index in [4.69, 9.17) is 16.3 Å². The zero-order chi connectivity index (χ0) is 19.4. The molecule has 0 saturated carbocycles. The van der Waals surface area contributed by atoms with Gasteiger partial charge in [-0.25, -0.2) is 12.8 Å². The number of halogens is 2. The molecule has 1 heterocycles. The molecule has 1 aliphatic rings. The molecule has 0 aromatic heterocycles. The van der Waals surface area contributed by atoms with Crippen molar-refractivity contribution >= 4 is 27.3 Å². The summed E-state index contributed by atoms with van der Waals surface area (Å²) in [5, 5.41) is 0.388. The quantitative estimate of drug-likeness (QED) is 0.732. The van der Waals surface area contributed by atoms with Crippen molar-refractivity contribution < 1.29 is 22.3 Å². The van der Waals surface area contributed by atoms with Gasteiger partial charge >= 0.3 is 0 Å². The summed E-state index contributed by atoms with van der Waals surface area (Å²) in [7, 11) is -3.16. The Morgan fingerprint density at radius 1 is 1.19 bits per heavy atom. The van der Waals surface area contributed by atoms with Crippen LogP contribution < -0.4 is 4.74 Å². The van der Waals surface area contributed by atoms with Gasteiger partial charge in [0.05, 0.1) is 16.5 Å². The molecule has 1 amide bonds. The summed E-state index contributed by atoms with van der Waals surface area (Å²) in [5.41, 5.74) is 0.715. The average Bonchev–Trinajstić information content (AvgIpc) is 3.00. The number of carbonyl (C=O) groups excluding carboxylic acids is 1. The second-order valence-corrected chi connectivity index (χ2v) is 9.06. The first-order valence-corrected chi connectivity index (χ1v) is 10.7. The average molecular weight is 412 g/mol. The summed E-state index contributed by atoms with van der Waals surface area (Å²) in [6, 6.07) is 12.1. The van der Waals surface area contributed by atoms with E-state index in [9.17, 15) is 17.6 Å². The zero-order valence-electron chi connectivity index (χ0n) is 14.5. The van der Waals surface area contributed by atoms with Crippen LogP contribution in [-0.2, 0) is 21.2 Å². The number of carbonyl (C=O) groups is 1. The first kappa shape index (κ1) is 19.6. The maximum absolute atomic E-state index is 13.1. The molecule has 1 saturated heterocycles. The van der Waals surface area contributed by atoms with E-state index in [1.165, 1.54) is 17.0 Å². The fourth-order valence-corrected chi connectivity index (χ4v) is 4.93. The van der Waals surface area contributed by atoms with Crippen LogP contribution in [0.2, 0.25) is 5.02 Å². The lowest BCUT2D eigenvalue weighted by molar-refractivity contribution is -0.136. The van der Waals surface area contributed by atoms with Gasteiger partial charge in [-0.1, -0.05) is 35.9 Å². The number of sulfone groups is 1. The lowest BCUT2D eigenvalue weighted by Crippen LogP contribution is -2.43. The van der Waals surface area contributed by atoms with Crippen molar-refractivity contribution in [3.8, 4) is 5.75 Å². The van der Waals surface area contributed by atoms with Crippen molar-refractivity contribution in [3.63, 3.8) is 0 Å². The van der Waals surface area contributed by atoms with Crippen molar-refractivity contribution in [1.82, 2.24) is 4.90 Å². The van der Waals surface area contributed by atoms with E-state index in [1.54, 1.807) is 36.4 Å². The van der Waals surface area contributed by atoms with Gasteiger partial charge in [0, 0.05) is 12.6 Å². The fraction of sp³-hybridized carbons (Fsp3) is 0.316. The summed E-state index contributed by atoms with van der Waals surface area (Å²) < 4.78 is 42.4. The molecule has 144 valence electrons. The molecule has 1 aliphatic heterocycles. The summed E-state index contributed by atoms with van der Waals surface area (Å²) in [6.07, 6.45) is 0.376. The number of amides is 1. The van der Waals surface area contributed by atoms with E-state index in [-0.39, 0.29) is 36.4 Å². The minimum Gasteiger partial charge on any atom is -0.482 e. The third-order valence-corrected chi connectivity index (χ3v) is 6.49. The van der Waals surface area contributed by atoms with Gasteiger partial charge in [0.15, 0.2) is 16.4 Å². The lowest BCUT2D eigenvalue weighted by atomic mass is 10.1. The van der Waals surface area contributed by atoms with Crippen LogP contribution in [-0.4, -0.2) is 43.4 Å². The van der Waals surface area contributed by atoms with Crippen LogP contribution in [0.3, 0.4) is 0 Å². The van der Waals surface area contributed by atoms with Gasteiger partial charge in [-0.05, 0) is 36.2 Å². The Morgan fingerprint density at radius 2 is 1.89 bits per heavy atom. The summed E-state index contributed by atoms with van der Waals surface area (Å²) in [6.45, 7) is -0.0767.